The van der Waals surface area contributed by atoms with Gasteiger partial charge < -0.3 is 31.3 Å². The number of H-pyrrole nitrogens is 2. The minimum atomic E-state index is -0.972. The van der Waals surface area contributed by atoms with Crippen LogP contribution in [-0.2, 0) is 27.2 Å². The summed E-state index contributed by atoms with van der Waals surface area (Å²) in [6.45, 7) is 0. The zero-order valence-electron chi connectivity index (χ0n) is 17.6. The number of para-hydroxylation sites is 2. The van der Waals surface area contributed by atoms with Crippen molar-refractivity contribution in [2.24, 2.45) is 11.5 Å². The van der Waals surface area contributed by atoms with Crippen molar-refractivity contribution in [3.63, 3.8) is 0 Å². The Labute approximate surface area is 191 Å². The molecular weight excluding hydrogens is 432 g/mol. The van der Waals surface area contributed by atoms with E-state index in [-0.39, 0.29) is 18.4 Å². The number of carboxylic acid groups (broad SMARTS) is 1. The molecule has 8 nitrogen and oxygen atoms in total. The molecule has 9 heteroatoms. The topological polar surface area (TPSA) is 147 Å². The molecule has 0 aliphatic rings. The van der Waals surface area contributed by atoms with Gasteiger partial charge in [0.15, 0.2) is 0 Å². The molecule has 0 aliphatic carbocycles. The molecule has 0 spiro atoms. The van der Waals surface area contributed by atoms with Crippen LogP contribution in [0.1, 0.15) is 11.1 Å². The molecule has 0 radical (unpaired) electrons. The monoisotopic (exact) mass is 458 g/mol. The van der Waals surface area contributed by atoms with E-state index in [1.807, 2.05) is 60.9 Å². The Kier molecular flexibility index (Phi) is 8.83. The zero-order valence-corrected chi connectivity index (χ0v) is 18.4. The number of aromatic amines is 2. The summed E-state index contributed by atoms with van der Waals surface area (Å²) in [6.07, 6.45) is 4.52. The number of aliphatic carboxylic acids is 1. The number of esters is 1. The molecule has 7 N–H and O–H groups in total. The number of carbonyl (C=O) groups is 2. The number of aromatic nitrogens is 2. The van der Waals surface area contributed by atoms with Gasteiger partial charge in [-0.1, -0.05) is 36.4 Å². The molecule has 2 atom stereocenters. The molecule has 170 valence electrons. The molecule has 4 rings (SSSR count). The summed E-state index contributed by atoms with van der Waals surface area (Å²) in [5.74, 6) is -1.36. The Balaban J connectivity index is 0.000000220. The largest absolute Gasteiger partial charge is 0.480 e. The summed E-state index contributed by atoms with van der Waals surface area (Å²) in [6, 6.07) is 14.2. The highest BCUT2D eigenvalue weighted by atomic mass is 35.5. The van der Waals surface area contributed by atoms with E-state index in [4.69, 9.17) is 16.6 Å². The number of hydrogen-bond donors (Lipinski definition) is 5. The number of ether oxygens (including phenoxy) is 1. The van der Waals surface area contributed by atoms with Crippen molar-refractivity contribution in [3.8, 4) is 0 Å². The van der Waals surface area contributed by atoms with E-state index in [2.05, 4.69) is 14.7 Å². The number of carboxylic acids is 1. The number of fused-ring (bicyclic) bond motifs is 2. The van der Waals surface area contributed by atoms with Crippen LogP contribution >= 0.6 is 12.4 Å². The average molecular weight is 459 g/mol. The van der Waals surface area contributed by atoms with Gasteiger partial charge in [0, 0.05) is 47.0 Å². The van der Waals surface area contributed by atoms with Crippen molar-refractivity contribution in [2.75, 3.05) is 7.11 Å². The van der Waals surface area contributed by atoms with Crippen LogP contribution in [0, 0.1) is 0 Å². The Morgan fingerprint density at radius 2 is 1.31 bits per heavy atom. The predicted molar refractivity (Wildman–Crippen MR) is 127 cm³/mol. The third-order valence-electron chi connectivity index (χ3n) is 5.05. The molecule has 0 unspecified atom stereocenters. The van der Waals surface area contributed by atoms with E-state index in [1.165, 1.54) is 7.11 Å². The minimum absolute atomic E-state index is 0. The maximum absolute atomic E-state index is 11.2. The quantitative estimate of drug-likeness (QED) is 0.281. The van der Waals surface area contributed by atoms with Gasteiger partial charge in [0.1, 0.15) is 12.1 Å². The fourth-order valence-corrected chi connectivity index (χ4v) is 3.40. The number of benzene rings is 2. The SMILES string of the molecule is COC(=O)[C@@H](N)Cc1c[nH]c2ccccc12.Cl.N[C@@H](Cc1c[nH]c2ccccc12)C(=O)O. The van der Waals surface area contributed by atoms with E-state index >= 15 is 0 Å². The molecule has 2 heterocycles. The van der Waals surface area contributed by atoms with Crippen molar-refractivity contribution in [1.29, 1.82) is 0 Å². The molecule has 2 aromatic carbocycles. The number of carbonyl (C=O) groups excluding carboxylic acids is 1. The van der Waals surface area contributed by atoms with Gasteiger partial charge in [0.25, 0.3) is 0 Å². The van der Waals surface area contributed by atoms with Gasteiger partial charge in [0.2, 0.25) is 0 Å². The van der Waals surface area contributed by atoms with E-state index in [0.29, 0.717) is 12.8 Å². The zero-order chi connectivity index (χ0) is 22.4. The van der Waals surface area contributed by atoms with Crippen molar-refractivity contribution >= 4 is 46.2 Å². The highest BCUT2D eigenvalue weighted by molar-refractivity contribution is 5.86. The van der Waals surface area contributed by atoms with Crippen LogP contribution in [0.2, 0.25) is 0 Å². The first-order valence-electron chi connectivity index (χ1n) is 9.82. The maximum Gasteiger partial charge on any atom is 0.322 e. The molecule has 0 saturated heterocycles. The minimum Gasteiger partial charge on any atom is -0.480 e. The lowest BCUT2D eigenvalue weighted by Crippen LogP contribution is -2.33. The highest BCUT2D eigenvalue weighted by Crippen LogP contribution is 2.19. The van der Waals surface area contributed by atoms with Crippen LogP contribution in [0.3, 0.4) is 0 Å². The molecule has 2 aromatic heterocycles. The molecule has 0 bridgehead atoms. The molecular formula is C23H27ClN4O4. The lowest BCUT2D eigenvalue weighted by molar-refractivity contribution is -0.142. The standard InChI is InChI=1S/C12H14N2O2.C11H12N2O2.ClH/c1-16-12(15)10(13)6-8-7-14-11-5-3-2-4-9(8)11;12-9(11(14)15)5-7-6-13-10-4-2-1-3-8(7)10;/h2-5,7,10,14H,6,13H2,1H3;1-4,6,9,13H,5,12H2,(H,14,15);1H/t10-;9-;/m00./s1. The van der Waals surface area contributed by atoms with Gasteiger partial charge in [-0.25, -0.2) is 0 Å². The molecule has 0 aliphatic heterocycles. The Bertz CT molecular complexity index is 1190. The molecule has 0 fully saturated rings. The average Bonchev–Trinajstić information content (AvgIpc) is 3.38. The summed E-state index contributed by atoms with van der Waals surface area (Å²) in [7, 11) is 1.34. The van der Waals surface area contributed by atoms with Crippen molar-refractivity contribution in [1.82, 2.24) is 9.97 Å². The van der Waals surface area contributed by atoms with Crippen LogP contribution in [0.5, 0.6) is 0 Å². The van der Waals surface area contributed by atoms with Gasteiger partial charge >= 0.3 is 11.9 Å². The summed E-state index contributed by atoms with van der Waals surface area (Å²) < 4.78 is 4.60. The fourth-order valence-electron chi connectivity index (χ4n) is 3.40. The number of nitrogens with one attached hydrogen (secondary N) is 2. The van der Waals surface area contributed by atoms with Crippen LogP contribution < -0.4 is 11.5 Å². The first-order chi connectivity index (χ1) is 14.9. The lowest BCUT2D eigenvalue weighted by atomic mass is 10.1. The molecule has 4 aromatic rings. The summed E-state index contributed by atoms with van der Waals surface area (Å²) in [5.41, 5.74) is 15.2. The molecule has 0 saturated carbocycles. The van der Waals surface area contributed by atoms with Gasteiger partial charge in [-0.15, -0.1) is 12.4 Å². The fraction of sp³-hybridized carbons (Fsp3) is 0.217. The van der Waals surface area contributed by atoms with Gasteiger partial charge in [-0.05, 0) is 23.3 Å². The Morgan fingerprint density at radius 3 is 1.75 bits per heavy atom. The van der Waals surface area contributed by atoms with Crippen molar-refractivity contribution < 1.29 is 19.4 Å². The Hall–Kier alpha value is -3.33. The number of methoxy groups -OCH3 is 1. The van der Waals surface area contributed by atoms with Gasteiger partial charge in [-0.2, -0.15) is 0 Å². The van der Waals surface area contributed by atoms with Crippen molar-refractivity contribution in [2.45, 2.75) is 24.9 Å². The highest BCUT2D eigenvalue weighted by Gasteiger charge is 2.16. The van der Waals surface area contributed by atoms with Gasteiger partial charge in [0.05, 0.1) is 7.11 Å². The van der Waals surface area contributed by atoms with E-state index < -0.39 is 18.1 Å². The van der Waals surface area contributed by atoms with Crippen LogP contribution in [0.4, 0.5) is 0 Å². The molecule has 32 heavy (non-hydrogen) atoms. The number of hydrogen-bond acceptors (Lipinski definition) is 5. The van der Waals surface area contributed by atoms with Crippen LogP contribution in [0.15, 0.2) is 60.9 Å². The smallest absolute Gasteiger partial charge is 0.322 e. The van der Waals surface area contributed by atoms with Gasteiger partial charge in [-0.3, -0.25) is 9.59 Å². The number of halogens is 1. The second kappa shape index (κ2) is 11.3. The third-order valence-corrected chi connectivity index (χ3v) is 5.05. The van der Waals surface area contributed by atoms with Crippen LogP contribution in [0.25, 0.3) is 21.8 Å². The normalized spacial score (nSPS) is 12.3. The van der Waals surface area contributed by atoms with Crippen molar-refractivity contribution in [3.05, 3.63) is 72.1 Å². The summed E-state index contributed by atoms with van der Waals surface area (Å²) in [5, 5.41) is 10.9. The number of rotatable bonds is 6. The third kappa shape index (κ3) is 5.88. The summed E-state index contributed by atoms with van der Waals surface area (Å²) in [4.78, 5) is 28.1. The maximum atomic E-state index is 11.2. The predicted octanol–water partition coefficient (Wildman–Crippen LogP) is 2.75. The first kappa shape index (κ1) is 24.9. The van der Waals surface area contributed by atoms with E-state index in [0.717, 1.165) is 32.9 Å². The molecule has 0 amide bonds. The summed E-state index contributed by atoms with van der Waals surface area (Å²) >= 11 is 0. The first-order valence-corrected chi connectivity index (χ1v) is 9.82. The second-order valence-corrected chi connectivity index (χ2v) is 7.20. The Morgan fingerprint density at radius 1 is 0.875 bits per heavy atom. The van der Waals surface area contributed by atoms with Crippen LogP contribution in [-0.4, -0.2) is 46.2 Å². The van der Waals surface area contributed by atoms with E-state index in [1.54, 1.807) is 0 Å². The lowest BCUT2D eigenvalue weighted by Gasteiger charge is -2.07. The number of nitrogens with two attached hydrogens (primary N) is 2. The second-order valence-electron chi connectivity index (χ2n) is 7.20. The van der Waals surface area contributed by atoms with E-state index in [9.17, 15) is 9.59 Å².